The van der Waals surface area contributed by atoms with Crippen molar-refractivity contribution >= 4 is 15.9 Å². The fourth-order valence-electron chi connectivity index (χ4n) is 2.12. The van der Waals surface area contributed by atoms with Crippen LogP contribution in [0.25, 0.3) is 0 Å². The number of benzene rings is 2. The van der Waals surface area contributed by atoms with Gasteiger partial charge in [-0.2, -0.15) is 0 Å². The van der Waals surface area contributed by atoms with Gasteiger partial charge in [-0.05, 0) is 51.7 Å². The maximum Gasteiger partial charge on any atom is 0.165 e. The molecule has 2 aromatic carbocycles. The largest absolute Gasteiger partial charge is 0.494 e. The fraction of sp³-hybridized carbons (Fsp3) is 0.200. The van der Waals surface area contributed by atoms with Crippen molar-refractivity contribution in [3.05, 3.63) is 63.6 Å². The third kappa shape index (κ3) is 3.58. The van der Waals surface area contributed by atoms with Crippen LogP contribution in [-0.2, 0) is 6.42 Å². The Morgan fingerprint density at radius 2 is 2.00 bits per heavy atom. The predicted octanol–water partition coefficient (Wildman–Crippen LogP) is 3.48. The topological polar surface area (TPSA) is 47.3 Å². The van der Waals surface area contributed by atoms with Gasteiger partial charge in [0.1, 0.15) is 5.82 Å². The zero-order valence-corrected chi connectivity index (χ0v) is 13.0. The maximum atomic E-state index is 13.7. The van der Waals surface area contributed by atoms with Gasteiger partial charge in [-0.1, -0.05) is 18.2 Å². The first-order valence-corrected chi connectivity index (χ1v) is 7.08. The highest BCUT2D eigenvalue weighted by Gasteiger charge is 2.16. The van der Waals surface area contributed by atoms with Crippen LogP contribution in [0.3, 0.4) is 0 Å². The van der Waals surface area contributed by atoms with Crippen LogP contribution in [0.4, 0.5) is 8.78 Å². The number of ether oxygens (including phenoxy) is 1. The summed E-state index contributed by atoms with van der Waals surface area (Å²) in [6, 6.07) is 9.07. The number of hydrogen-bond acceptors (Lipinski definition) is 3. The van der Waals surface area contributed by atoms with Gasteiger partial charge in [0.2, 0.25) is 0 Å². The Bertz CT molecular complexity index is 637. The summed E-state index contributed by atoms with van der Waals surface area (Å²) in [6.45, 7) is 0. The highest BCUT2D eigenvalue weighted by atomic mass is 79.9. The second-order valence-corrected chi connectivity index (χ2v) is 5.33. The van der Waals surface area contributed by atoms with Crippen molar-refractivity contribution in [2.24, 2.45) is 5.84 Å². The SMILES string of the molecule is COc1ccc(CC(NN)c2cccc(F)c2Br)cc1F. The zero-order valence-electron chi connectivity index (χ0n) is 11.4. The van der Waals surface area contributed by atoms with Crippen LogP contribution < -0.4 is 16.0 Å². The summed E-state index contributed by atoms with van der Waals surface area (Å²) in [6.07, 6.45) is 0.416. The number of rotatable bonds is 5. The highest BCUT2D eigenvalue weighted by molar-refractivity contribution is 9.10. The van der Waals surface area contributed by atoms with Crippen LogP contribution in [0, 0.1) is 11.6 Å². The van der Waals surface area contributed by atoms with Gasteiger partial charge in [0, 0.05) is 0 Å². The molecule has 0 heterocycles. The molecule has 0 saturated carbocycles. The van der Waals surface area contributed by atoms with Crippen LogP contribution in [0.1, 0.15) is 17.2 Å². The molecule has 1 unspecified atom stereocenters. The lowest BCUT2D eigenvalue weighted by molar-refractivity contribution is 0.386. The molecule has 0 fully saturated rings. The van der Waals surface area contributed by atoms with Crippen molar-refractivity contribution in [1.29, 1.82) is 0 Å². The quantitative estimate of drug-likeness (QED) is 0.636. The van der Waals surface area contributed by atoms with Crippen LogP contribution in [-0.4, -0.2) is 7.11 Å². The number of hydrazine groups is 1. The van der Waals surface area contributed by atoms with E-state index in [-0.39, 0.29) is 17.6 Å². The summed E-state index contributed by atoms with van der Waals surface area (Å²) in [5.74, 6) is 4.93. The molecule has 0 amide bonds. The van der Waals surface area contributed by atoms with Gasteiger partial charge >= 0.3 is 0 Å². The van der Waals surface area contributed by atoms with E-state index in [1.807, 2.05) is 0 Å². The van der Waals surface area contributed by atoms with Crippen molar-refractivity contribution in [3.8, 4) is 5.75 Å². The van der Waals surface area contributed by atoms with Crippen molar-refractivity contribution in [1.82, 2.24) is 5.43 Å². The summed E-state index contributed by atoms with van der Waals surface area (Å²) >= 11 is 3.21. The molecule has 0 aromatic heterocycles. The molecule has 21 heavy (non-hydrogen) atoms. The van der Waals surface area contributed by atoms with E-state index in [9.17, 15) is 8.78 Å². The number of methoxy groups -OCH3 is 1. The molecule has 2 rings (SSSR count). The minimum atomic E-state index is -0.441. The Hall–Kier alpha value is -1.50. The Kier molecular flexibility index (Phi) is 5.27. The lowest BCUT2D eigenvalue weighted by Gasteiger charge is -2.18. The van der Waals surface area contributed by atoms with Gasteiger partial charge in [-0.15, -0.1) is 0 Å². The van der Waals surface area contributed by atoms with Crippen LogP contribution in [0.2, 0.25) is 0 Å². The summed E-state index contributed by atoms with van der Waals surface area (Å²) in [5, 5.41) is 0. The molecule has 0 aliphatic rings. The second kappa shape index (κ2) is 6.98. The maximum absolute atomic E-state index is 13.7. The minimum Gasteiger partial charge on any atom is -0.494 e. The molecule has 0 spiro atoms. The molecule has 3 N–H and O–H groups in total. The van der Waals surface area contributed by atoms with E-state index in [4.69, 9.17) is 10.6 Å². The minimum absolute atomic E-state index is 0.183. The first kappa shape index (κ1) is 15.9. The van der Waals surface area contributed by atoms with E-state index in [2.05, 4.69) is 21.4 Å². The molecule has 0 radical (unpaired) electrons. The Morgan fingerprint density at radius 1 is 1.24 bits per heavy atom. The van der Waals surface area contributed by atoms with E-state index >= 15 is 0 Å². The van der Waals surface area contributed by atoms with E-state index in [0.717, 1.165) is 5.56 Å². The normalized spacial score (nSPS) is 12.2. The lowest BCUT2D eigenvalue weighted by Crippen LogP contribution is -2.30. The van der Waals surface area contributed by atoms with Gasteiger partial charge in [0.05, 0.1) is 17.6 Å². The third-order valence-corrected chi connectivity index (χ3v) is 4.05. The van der Waals surface area contributed by atoms with E-state index in [1.54, 1.807) is 24.3 Å². The van der Waals surface area contributed by atoms with Gasteiger partial charge in [0.15, 0.2) is 11.6 Å². The van der Waals surface area contributed by atoms with Gasteiger partial charge in [-0.3, -0.25) is 11.3 Å². The Morgan fingerprint density at radius 3 is 2.62 bits per heavy atom. The molecule has 2 aromatic rings. The highest BCUT2D eigenvalue weighted by Crippen LogP contribution is 2.29. The molecule has 0 bridgehead atoms. The molecule has 0 aliphatic carbocycles. The first-order valence-electron chi connectivity index (χ1n) is 6.29. The predicted molar refractivity (Wildman–Crippen MR) is 80.8 cm³/mol. The molecule has 112 valence electrons. The summed E-state index contributed by atoms with van der Waals surface area (Å²) in [7, 11) is 1.41. The van der Waals surface area contributed by atoms with Gasteiger partial charge < -0.3 is 4.74 Å². The van der Waals surface area contributed by atoms with E-state index < -0.39 is 5.82 Å². The number of hydrogen-bond donors (Lipinski definition) is 2. The second-order valence-electron chi connectivity index (χ2n) is 4.54. The summed E-state index contributed by atoms with van der Waals surface area (Å²) < 4.78 is 32.5. The van der Waals surface area contributed by atoms with Crippen molar-refractivity contribution < 1.29 is 13.5 Å². The number of halogens is 3. The lowest BCUT2D eigenvalue weighted by atomic mass is 9.99. The van der Waals surface area contributed by atoms with Crippen molar-refractivity contribution in [3.63, 3.8) is 0 Å². The molecule has 3 nitrogen and oxygen atoms in total. The summed E-state index contributed by atoms with van der Waals surface area (Å²) in [5.41, 5.74) is 4.04. The molecular formula is C15H15BrF2N2O. The monoisotopic (exact) mass is 356 g/mol. The van der Waals surface area contributed by atoms with Crippen molar-refractivity contribution in [2.45, 2.75) is 12.5 Å². The van der Waals surface area contributed by atoms with Crippen LogP contribution >= 0.6 is 15.9 Å². The Labute approximate surface area is 130 Å². The zero-order chi connectivity index (χ0) is 15.4. The number of nitrogens with two attached hydrogens (primary N) is 1. The molecule has 1 atom stereocenters. The molecule has 0 aliphatic heterocycles. The Balaban J connectivity index is 2.27. The molecule has 6 heteroatoms. The van der Waals surface area contributed by atoms with Gasteiger partial charge in [0.25, 0.3) is 0 Å². The smallest absolute Gasteiger partial charge is 0.165 e. The summed E-state index contributed by atoms with van der Waals surface area (Å²) in [4.78, 5) is 0. The molecular weight excluding hydrogens is 342 g/mol. The first-order chi connectivity index (χ1) is 10.1. The van der Waals surface area contributed by atoms with Crippen LogP contribution in [0.5, 0.6) is 5.75 Å². The van der Waals surface area contributed by atoms with E-state index in [0.29, 0.717) is 16.5 Å². The van der Waals surface area contributed by atoms with E-state index in [1.165, 1.54) is 19.2 Å². The standard InChI is InChI=1S/C15H15BrF2N2O/c1-21-14-6-5-9(7-12(14)18)8-13(20-19)10-3-2-4-11(17)15(10)16/h2-7,13,20H,8,19H2,1H3. The number of nitrogens with one attached hydrogen (secondary N) is 1. The average Bonchev–Trinajstić information content (AvgIpc) is 2.48. The molecule has 0 saturated heterocycles. The fourth-order valence-corrected chi connectivity index (χ4v) is 2.66. The van der Waals surface area contributed by atoms with Gasteiger partial charge in [-0.25, -0.2) is 8.78 Å². The van der Waals surface area contributed by atoms with Crippen molar-refractivity contribution in [2.75, 3.05) is 7.11 Å². The van der Waals surface area contributed by atoms with Crippen LogP contribution in [0.15, 0.2) is 40.9 Å². The third-order valence-electron chi connectivity index (χ3n) is 3.21. The average molecular weight is 357 g/mol.